The molecule has 35 heavy (non-hydrogen) atoms. The number of methoxy groups -OCH3 is 4. The molecule has 2 aromatic carbocycles. The van der Waals surface area contributed by atoms with Crippen molar-refractivity contribution in [2.75, 3.05) is 54.6 Å². The number of hydrogen-bond acceptors (Lipinski definition) is 7. The summed E-state index contributed by atoms with van der Waals surface area (Å²) in [4.78, 5) is 28.4. The first-order valence-electron chi connectivity index (χ1n) is 11.4. The van der Waals surface area contributed by atoms with E-state index in [9.17, 15) is 9.59 Å². The minimum absolute atomic E-state index is 0.105. The number of likely N-dealkylation sites (N-methyl/N-ethyl adjacent to an activating group) is 1. The smallest absolute Gasteiger partial charge is 0.267 e. The number of nitrogens with zero attached hydrogens (tertiary/aromatic N) is 1. The molecule has 0 bridgehead atoms. The normalized spacial score (nSPS) is 11.1. The van der Waals surface area contributed by atoms with Gasteiger partial charge in [0.05, 0.1) is 28.4 Å². The molecule has 2 rings (SSSR count). The van der Waals surface area contributed by atoms with Crippen LogP contribution in [-0.4, -0.2) is 71.3 Å². The molecule has 0 aliphatic heterocycles. The first-order valence-corrected chi connectivity index (χ1v) is 11.4. The Morgan fingerprint density at radius 1 is 0.886 bits per heavy atom. The van der Waals surface area contributed by atoms with E-state index < -0.39 is 11.8 Å². The maximum atomic E-state index is 13.1. The lowest BCUT2D eigenvalue weighted by molar-refractivity contribution is -0.117. The molecule has 0 radical (unpaired) electrons. The highest BCUT2D eigenvalue weighted by Gasteiger charge is 2.20. The van der Waals surface area contributed by atoms with Gasteiger partial charge in [0.1, 0.15) is 11.4 Å². The molecule has 0 unspecified atom stereocenters. The third-order valence-electron chi connectivity index (χ3n) is 5.45. The summed E-state index contributed by atoms with van der Waals surface area (Å²) in [6, 6.07) is 10.2. The van der Waals surface area contributed by atoms with Gasteiger partial charge in [-0.1, -0.05) is 26.0 Å². The molecule has 190 valence electrons. The van der Waals surface area contributed by atoms with Gasteiger partial charge < -0.3 is 34.5 Å². The molecule has 9 heteroatoms. The van der Waals surface area contributed by atoms with E-state index in [1.807, 2.05) is 0 Å². The van der Waals surface area contributed by atoms with Crippen molar-refractivity contribution in [1.29, 1.82) is 0 Å². The van der Waals surface area contributed by atoms with Gasteiger partial charge in [0.2, 0.25) is 5.75 Å². The van der Waals surface area contributed by atoms with Crippen molar-refractivity contribution < 1.29 is 28.5 Å². The fourth-order valence-electron chi connectivity index (χ4n) is 3.39. The fourth-order valence-corrected chi connectivity index (χ4v) is 3.39. The van der Waals surface area contributed by atoms with E-state index >= 15 is 0 Å². The quantitative estimate of drug-likeness (QED) is 0.421. The molecule has 0 aliphatic rings. The van der Waals surface area contributed by atoms with Crippen molar-refractivity contribution in [3.8, 4) is 23.0 Å². The molecule has 0 aliphatic carbocycles. The molecule has 2 aromatic rings. The Kier molecular flexibility index (Phi) is 10.9. The van der Waals surface area contributed by atoms with Crippen molar-refractivity contribution in [1.82, 2.24) is 15.5 Å². The topological polar surface area (TPSA) is 98.4 Å². The molecule has 2 N–H and O–H groups in total. The predicted molar refractivity (Wildman–Crippen MR) is 135 cm³/mol. The third-order valence-corrected chi connectivity index (χ3v) is 5.45. The van der Waals surface area contributed by atoms with E-state index in [0.717, 1.165) is 18.7 Å². The zero-order chi connectivity index (χ0) is 25.8. The monoisotopic (exact) mass is 485 g/mol. The van der Waals surface area contributed by atoms with Crippen molar-refractivity contribution in [3.05, 3.63) is 53.2 Å². The number of carbonyl (C=O) groups excluding carboxylic acids is 2. The molecule has 0 saturated carbocycles. The van der Waals surface area contributed by atoms with Crippen LogP contribution in [0.1, 0.15) is 29.8 Å². The van der Waals surface area contributed by atoms with Gasteiger partial charge in [0.25, 0.3) is 11.8 Å². The molecule has 0 heterocycles. The summed E-state index contributed by atoms with van der Waals surface area (Å²) in [6.45, 7) is 7.06. The maximum Gasteiger partial charge on any atom is 0.267 e. The van der Waals surface area contributed by atoms with Gasteiger partial charge in [-0.15, -0.1) is 0 Å². The van der Waals surface area contributed by atoms with Crippen LogP contribution >= 0.6 is 0 Å². The second-order valence-electron chi connectivity index (χ2n) is 7.48. The van der Waals surface area contributed by atoms with Gasteiger partial charge in [-0.05, 0) is 49.0 Å². The van der Waals surface area contributed by atoms with Crippen LogP contribution in [0.15, 0.2) is 42.1 Å². The van der Waals surface area contributed by atoms with Crippen LogP contribution < -0.4 is 29.6 Å². The first-order chi connectivity index (χ1) is 16.9. The molecule has 9 nitrogen and oxygen atoms in total. The van der Waals surface area contributed by atoms with Crippen LogP contribution in [0, 0.1) is 0 Å². The minimum Gasteiger partial charge on any atom is -0.497 e. The number of amides is 2. The van der Waals surface area contributed by atoms with Gasteiger partial charge in [-0.25, -0.2) is 0 Å². The summed E-state index contributed by atoms with van der Waals surface area (Å²) >= 11 is 0. The van der Waals surface area contributed by atoms with Crippen LogP contribution in [0.25, 0.3) is 6.08 Å². The van der Waals surface area contributed by atoms with Crippen LogP contribution in [0.2, 0.25) is 0 Å². The highest BCUT2D eigenvalue weighted by atomic mass is 16.5. The van der Waals surface area contributed by atoms with Crippen molar-refractivity contribution in [2.24, 2.45) is 0 Å². The highest BCUT2D eigenvalue weighted by Crippen LogP contribution is 2.38. The zero-order valence-corrected chi connectivity index (χ0v) is 21.3. The van der Waals surface area contributed by atoms with Gasteiger partial charge in [0.15, 0.2) is 11.5 Å². The number of carbonyl (C=O) groups is 2. The van der Waals surface area contributed by atoms with E-state index in [0.29, 0.717) is 36.1 Å². The van der Waals surface area contributed by atoms with Gasteiger partial charge >= 0.3 is 0 Å². The summed E-state index contributed by atoms with van der Waals surface area (Å²) < 4.78 is 21.2. The SMILES string of the molecule is CCN(CC)CCNC(=O)/C(=C\c1ccc(OC)cc1)NC(=O)c1cc(OC)c(OC)c(OC)c1. The lowest BCUT2D eigenvalue weighted by atomic mass is 10.1. The Labute approximate surface area is 207 Å². The standard InChI is InChI=1S/C26H35N3O6/c1-7-29(8-2)14-13-27-26(31)21(15-18-9-11-20(32-3)12-10-18)28-25(30)19-16-22(33-4)24(35-6)23(17-19)34-5/h9-12,15-17H,7-8,13-14H2,1-6H3,(H,27,31)(H,28,30)/b21-15+. The summed E-state index contributed by atoms with van der Waals surface area (Å²) in [7, 11) is 6.00. The summed E-state index contributed by atoms with van der Waals surface area (Å²) in [5, 5.41) is 5.62. The van der Waals surface area contributed by atoms with Crippen LogP contribution in [0.3, 0.4) is 0 Å². The lowest BCUT2D eigenvalue weighted by Crippen LogP contribution is -2.39. The van der Waals surface area contributed by atoms with E-state index in [1.54, 1.807) is 37.5 Å². The maximum absolute atomic E-state index is 13.1. The van der Waals surface area contributed by atoms with Gasteiger partial charge in [-0.2, -0.15) is 0 Å². The number of hydrogen-bond donors (Lipinski definition) is 2. The Morgan fingerprint density at radius 2 is 1.49 bits per heavy atom. The average Bonchev–Trinajstić information content (AvgIpc) is 2.89. The van der Waals surface area contributed by atoms with Crippen LogP contribution in [0.5, 0.6) is 23.0 Å². The van der Waals surface area contributed by atoms with Gasteiger partial charge in [0, 0.05) is 18.7 Å². The van der Waals surface area contributed by atoms with E-state index in [2.05, 4.69) is 29.4 Å². The summed E-state index contributed by atoms with van der Waals surface area (Å²) in [5.74, 6) is 0.836. The number of rotatable bonds is 13. The van der Waals surface area contributed by atoms with Crippen molar-refractivity contribution in [3.63, 3.8) is 0 Å². The Balaban J connectivity index is 2.32. The molecule has 0 atom stereocenters. The minimum atomic E-state index is -0.497. The Hall–Kier alpha value is -3.72. The molecular weight excluding hydrogens is 450 g/mol. The van der Waals surface area contributed by atoms with Crippen LogP contribution in [0.4, 0.5) is 0 Å². The van der Waals surface area contributed by atoms with Crippen molar-refractivity contribution >= 4 is 17.9 Å². The highest BCUT2D eigenvalue weighted by molar-refractivity contribution is 6.05. The molecule has 2 amide bonds. The Bertz CT molecular complexity index is 991. The second kappa shape index (κ2) is 13.9. The first kappa shape index (κ1) is 27.5. The Morgan fingerprint density at radius 3 is 1.97 bits per heavy atom. The molecule has 0 aromatic heterocycles. The number of ether oxygens (including phenoxy) is 4. The predicted octanol–water partition coefficient (Wildman–Crippen LogP) is 2.95. The molecule has 0 saturated heterocycles. The second-order valence-corrected chi connectivity index (χ2v) is 7.48. The number of nitrogens with one attached hydrogen (secondary N) is 2. The lowest BCUT2D eigenvalue weighted by Gasteiger charge is -2.18. The molecular formula is C26H35N3O6. The largest absolute Gasteiger partial charge is 0.497 e. The average molecular weight is 486 g/mol. The summed E-state index contributed by atoms with van der Waals surface area (Å²) in [5.41, 5.74) is 1.08. The van der Waals surface area contributed by atoms with E-state index in [-0.39, 0.29) is 11.3 Å². The molecule has 0 spiro atoms. The fraction of sp³-hybridized carbons (Fsp3) is 0.385. The third kappa shape index (κ3) is 7.65. The van der Waals surface area contributed by atoms with E-state index in [1.165, 1.54) is 33.5 Å². The van der Waals surface area contributed by atoms with E-state index in [4.69, 9.17) is 18.9 Å². The number of benzene rings is 2. The zero-order valence-electron chi connectivity index (χ0n) is 21.3. The van der Waals surface area contributed by atoms with Gasteiger partial charge in [-0.3, -0.25) is 9.59 Å². The summed E-state index contributed by atoms with van der Waals surface area (Å²) in [6.07, 6.45) is 1.61. The molecule has 0 fully saturated rings. The van der Waals surface area contributed by atoms with Crippen LogP contribution in [-0.2, 0) is 4.79 Å². The van der Waals surface area contributed by atoms with Crippen molar-refractivity contribution in [2.45, 2.75) is 13.8 Å².